The molecule has 1 nitrogen and oxygen atoms in total. The highest BCUT2D eigenvalue weighted by Crippen LogP contribution is 2.34. The van der Waals surface area contributed by atoms with Crippen LogP contribution in [-0.2, 0) is 6.54 Å². The van der Waals surface area contributed by atoms with E-state index in [4.69, 9.17) is 5.73 Å². The van der Waals surface area contributed by atoms with Crippen LogP contribution in [0, 0.1) is 11.6 Å². The summed E-state index contributed by atoms with van der Waals surface area (Å²) < 4.78 is 26.8. The molecular formula is C13H10BrF2NS. The Morgan fingerprint density at radius 2 is 1.83 bits per heavy atom. The highest BCUT2D eigenvalue weighted by atomic mass is 79.9. The predicted octanol–water partition coefficient (Wildman–Crippen LogP) is 4.34. The zero-order chi connectivity index (χ0) is 13.1. The monoisotopic (exact) mass is 329 g/mol. The van der Waals surface area contributed by atoms with Gasteiger partial charge in [-0.1, -0.05) is 17.8 Å². The molecule has 0 saturated heterocycles. The molecule has 0 spiro atoms. The lowest BCUT2D eigenvalue weighted by atomic mass is 10.2. The topological polar surface area (TPSA) is 26.0 Å². The Labute approximate surface area is 117 Å². The van der Waals surface area contributed by atoms with Crippen molar-refractivity contribution in [3.05, 3.63) is 58.1 Å². The molecule has 0 atom stereocenters. The summed E-state index contributed by atoms with van der Waals surface area (Å²) in [4.78, 5) is 1.58. The Morgan fingerprint density at radius 3 is 2.44 bits per heavy atom. The maximum Gasteiger partial charge on any atom is 0.159 e. The first-order valence-corrected chi connectivity index (χ1v) is 6.82. The lowest BCUT2D eigenvalue weighted by Crippen LogP contribution is -1.95. The van der Waals surface area contributed by atoms with Gasteiger partial charge in [0.25, 0.3) is 0 Å². The van der Waals surface area contributed by atoms with E-state index in [0.29, 0.717) is 11.4 Å². The number of rotatable bonds is 3. The third kappa shape index (κ3) is 3.10. The Kier molecular flexibility index (Phi) is 4.37. The minimum Gasteiger partial charge on any atom is -0.326 e. The molecule has 0 aromatic heterocycles. The van der Waals surface area contributed by atoms with Crippen LogP contribution in [0.15, 0.2) is 50.7 Å². The highest BCUT2D eigenvalue weighted by molar-refractivity contribution is 9.10. The maximum absolute atomic E-state index is 13.1. The van der Waals surface area contributed by atoms with Gasteiger partial charge in [0.2, 0.25) is 0 Å². The molecule has 0 amide bonds. The standard InChI is InChI=1S/C13H10BrF2NS/c14-10-5-8(7-17)1-4-13(10)18-9-2-3-11(15)12(16)6-9/h1-6H,7,17H2. The predicted molar refractivity (Wildman–Crippen MR) is 72.5 cm³/mol. The van der Waals surface area contributed by atoms with E-state index in [1.807, 2.05) is 18.2 Å². The molecule has 18 heavy (non-hydrogen) atoms. The van der Waals surface area contributed by atoms with Crippen LogP contribution in [0.1, 0.15) is 5.56 Å². The second kappa shape index (κ2) is 5.82. The van der Waals surface area contributed by atoms with Gasteiger partial charge in [-0.25, -0.2) is 8.78 Å². The fraction of sp³-hybridized carbons (Fsp3) is 0.0769. The molecule has 0 aliphatic rings. The second-order valence-corrected chi connectivity index (χ2v) is 5.62. The van der Waals surface area contributed by atoms with Crippen molar-refractivity contribution in [1.29, 1.82) is 0 Å². The van der Waals surface area contributed by atoms with Crippen molar-refractivity contribution < 1.29 is 8.78 Å². The number of halogens is 3. The van der Waals surface area contributed by atoms with Crippen LogP contribution < -0.4 is 5.73 Å². The van der Waals surface area contributed by atoms with Crippen LogP contribution in [-0.4, -0.2) is 0 Å². The van der Waals surface area contributed by atoms with Crippen LogP contribution in [0.25, 0.3) is 0 Å². The molecule has 94 valence electrons. The smallest absolute Gasteiger partial charge is 0.159 e. The van der Waals surface area contributed by atoms with Gasteiger partial charge in [-0.3, -0.25) is 0 Å². The lowest BCUT2D eigenvalue weighted by molar-refractivity contribution is 0.506. The minimum atomic E-state index is -0.838. The number of hydrogen-bond acceptors (Lipinski definition) is 2. The first-order chi connectivity index (χ1) is 8.60. The van der Waals surface area contributed by atoms with Crippen molar-refractivity contribution in [2.75, 3.05) is 0 Å². The number of hydrogen-bond donors (Lipinski definition) is 1. The van der Waals surface area contributed by atoms with Gasteiger partial charge in [0.1, 0.15) is 0 Å². The molecule has 2 aromatic rings. The molecule has 0 heterocycles. The molecule has 0 aliphatic carbocycles. The van der Waals surface area contributed by atoms with E-state index < -0.39 is 11.6 Å². The summed E-state index contributed by atoms with van der Waals surface area (Å²) in [6.07, 6.45) is 0. The van der Waals surface area contributed by atoms with Gasteiger partial charge < -0.3 is 5.73 Å². The first kappa shape index (κ1) is 13.5. The van der Waals surface area contributed by atoms with E-state index in [9.17, 15) is 8.78 Å². The maximum atomic E-state index is 13.1. The van der Waals surface area contributed by atoms with Crippen molar-refractivity contribution in [1.82, 2.24) is 0 Å². The fourth-order valence-corrected chi connectivity index (χ4v) is 2.94. The Bertz CT molecular complexity index is 575. The van der Waals surface area contributed by atoms with Crippen LogP contribution >= 0.6 is 27.7 Å². The molecule has 0 fully saturated rings. The van der Waals surface area contributed by atoms with E-state index >= 15 is 0 Å². The SMILES string of the molecule is NCc1ccc(Sc2ccc(F)c(F)c2)c(Br)c1. The number of nitrogens with two attached hydrogens (primary N) is 1. The van der Waals surface area contributed by atoms with E-state index in [2.05, 4.69) is 15.9 Å². The average Bonchev–Trinajstić information content (AvgIpc) is 2.36. The van der Waals surface area contributed by atoms with Crippen molar-refractivity contribution >= 4 is 27.7 Å². The zero-order valence-corrected chi connectivity index (χ0v) is 11.7. The Morgan fingerprint density at radius 1 is 1.06 bits per heavy atom. The van der Waals surface area contributed by atoms with Crippen LogP contribution in [0.3, 0.4) is 0 Å². The van der Waals surface area contributed by atoms with E-state index in [0.717, 1.165) is 21.0 Å². The molecule has 5 heteroatoms. The van der Waals surface area contributed by atoms with Gasteiger partial charge in [-0.05, 0) is 51.8 Å². The van der Waals surface area contributed by atoms with Crippen molar-refractivity contribution in [3.63, 3.8) is 0 Å². The number of benzene rings is 2. The van der Waals surface area contributed by atoms with E-state index in [-0.39, 0.29) is 0 Å². The molecule has 0 radical (unpaired) electrons. The Balaban J connectivity index is 2.25. The first-order valence-electron chi connectivity index (χ1n) is 5.21. The van der Waals surface area contributed by atoms with Crippen LogP contribution in [0.2, 0.25) is 0 Å². The average molecular weight is 330 g/mol. The fourth-order valence-electron chi connectivity index (χ4n) is 1.42. The Hall–Kier alpha value is -0.910. The third-order valence-corrected chi connectivity index (χ3v) is 4.33. The molecular weight excluding hydrogens is 320 g/mol. The quantitative estimate of drug-likeness (QED) is 0.906. The summed E-state index contributed by atoms with van der Waals surface area (Å²) in [5.41, 5.74) is 6.55. The van der Waals surface area contributed by atoms with E-state index in [1.54, 1.807) is 6.07 Å². The highest BCUT2D eigenvalue weighted by Gasteiger charge is 2.06. The molecule has 2 rings (SSSR count). The van der Waals surface area contributed by atoms with Gasteiger partial charge in [0.05, 0.1) is 0 Å². The molecule has 0 aliphatic heterocycles. The summed E-state index contributed by atoms with van der Waals surface area (Å²) >= 11 is 4.80. The summed E-state index contributed by atoms with van der Waals surface area (Å²) in [7, 11) is 0. The van der Waals surface area contributed by atoms with Crippen molar-refractivity contribution in [2.45, 2.75) is 16.3 Å². The van der Waals surface area contributed by atoms with E-state index in [1.165, 1.54) is 17.8 Å². The summed E-state index contributed by atoms with van der Waals surface area (Å²) in [5, 5.41) is 0. The van der Waals surface area contributed by atoms with Gasteiger partial charge >= 0.3 is 0 Å². The second-order valence-electron chi connectivity index (χ2n) is 3.65. The van der Waals surface area contributed by atoms with Gasteiger partial charge in [0.15, 0.2) is 11.6 Å². The van der Waals surface area contributed by atoms with Gasteiger partial charge in [-0.2, -0.15) is 0 Å². The van der Waals surface area contributed by atoms with Crippen LogP contribution in [0.4, 0.5) is 8.78 Å². The molecule has 0 saturated carbocycles. The summed E-state index contributed by atoms with van der Waals surface area (Å²) in [6.45, 7) is 0.467. The molecule has 2 N–H and O–H groups in total. The lowest BCUT2D eigenvalue weighted by Gasteiger charge is -2.06. The minimum absolute atomic E-state index is 0.467. The van der Waals surface area contributed by atoms with Gasteiger partial charge in [-0.15, -0.1) is 0 Å². The van der Waals surface area contributed by atoms with Crippen molar-refractivity contribution in [2.24, 2.45) is 5.73 Å². The normalized spacial score (nSPS) is 10.7. The van der Waals surface area contributed by atoms with Crippen molar-refractivity contribution in [3.8, 4) is 0 Å². The third-order valence-electron chi connectivity index (χ3n) is 2.35. The molecule has 0 bridgehead atoms. The summed E-state index contributed by atoms with van der Waals surface area (Å²) in [5.74, 6) is -1.67. The summed E-state index contributed by atoms with van der Waals surface area (Å²) in [6, 6.07) is 9.59. The van der Waals surface area contributed by atoms with Gasteiger partial charge in [0, 0.05) is 20.8 Å². The largest absolute Gasteiger partial charge is 0.326 e. The zero-order valence-electron chi connectivity index (χ0n) is 9.29. The van der Waals surface area contributed by atoms with Crippen LogP contribution in [0.5, 0.6) is 0 Å². The molecule has 2 aromatic carbocycles. The molecule has 0 unspecified atom stereocenters.